The third-order valence-corrected chi connectivity index (χ3v) is 5.73. The molecule has 3 aromatic rings. The van der Waals surface area contributed by atoms with E-state index in [9.17, 15) is 0 Å². The van der Waals surface area contributed by atoms with Gasteiger partial charge in [0, 0.05) is 36.0 Å². The number of aryl methyl sites for hydroxylation is 2. The maximum atomic E-state index is 5.64. The first-order chi connectivity index (χ1) is 12.7. The van der Waals surface area contributed by atoms with E-state index < -0.39 is 0 Å². The van der Waals surface area contributed by atoms with Crippen LogP contribution < -0.4 is 5.32 Å². The van der Waals surface area contributed by atoms with Crippen LogP contribution in [0.5, 0.6) is 0 Å². The first kappa shape index (κ1) is 17.4. The van der Waals surface area contributed by atoms with Crippen LogP contribution in [-0.2, 0) is 17.6 Å². The van der Waals surface area contributed by atoms with E-state index in [4.69, 9.17) is 14.7 Å². The Balaban J connectivity index is 1.64. The molecule has 0 bridgehead atoms. The molecule has 5 nitrogen and oxygen atoms in total. The van der Waals surface area contributed by atoms with Crippen LogP contribution in [-0.4, -0.2) is 34.2 Å². The van der Waals surface area contributed by atoms with Crippen LogP contribution in [0.4, 0.5) is 5.82 Å². The van der Waals surface area contributed by atoms with E-state index in [0.29, 0.717) is 0 Å². The van der Waals surface area contributed by atoms with Gasteiger partial charge >= 0.3 is 0 Å². The molecule has 4 rings (SSSR count). The van der Waals surface area contributed by atoms with Crippen LogP contribution in [0.3, 0.4) is 0 Å². The number of nitrogens with zero attached hydrogens (tertiary/aromatic N) is 3. The van der Waals surface area contributed by atoms with Gasteiger partial charge in [-0.3, -0.25) is 4.98 Å². The average molecular weight is 369 g/mol. The Morgan fingerprint density at radius 3 is 3.00 bits per heavy atom. The van der Waals surface area contributed by atoms with Crippen molar-refractivity contribution in [3.8, 4) is 11.4 Å². The molecule has 0 fully saturated rings. The number of ether oxygens (including phenoxy) is 1. The third-order valence-electron chi connectivity index (χ3n) is 4.55. The van der Waals surface area contributed by atoms with Gasteiger partial charge in [0.05, 0.1) is 11.5 Å². The van der Waals surface area contributed by atoms with Gasteiger partial charge in [0.25, 0.3) is 0 Å². The number of nitrogens with one attached hydrogen (secondary N) is 1. The van der Waals surface area contributed by atoms with Gasteiger partial charge in [-0.05, 0) is 57.2 Å². The molecule has 0 amide bonds. The molecule has 0 radical (unpaired) electrons. The van der Waals surface area contributed by atoms with Gasteiger partial charge in [0.15, 0.2) is 5.82 Å². The summed E-state index contributed by atoms with van der Waals surface area (Å²) in [6.07, 6.45) is 8.37. The maximum absolute atomic E-state index is 5.64. The van der Waals surface area contributed by atoms with Crippen molar-refractivity contribution in [3.05, 3.63) is 35.0 Å². The SMILES string of the molecule is CC(C)OCCCNc1nc(-c2cccnc2)nc2sc3c(c12)CCC3. The van der Waals surface area contributed by atoms with Crippen molar-refractivity contribution in [1.82, 2.24) is 15.0 Å². The van der Waals surface area contributed by atoms with Gasteiger partial charge in [-0.1, -0.05) is 0 Å². The summed E-state index contributed by atoms with van der Waals surface area (Å²) in [5, 5.41) is 4.76. The highest BCUT2D eigenvalue weighted by Crippen LogP contribution is 2.40. The van der Waals surface area contributed by atoms with E-state index in [1.165, 1.54) is 28.7 Å². The smallest absolute Gasteiger partial charge is 0.164 e. The fourth-order valence-electron chi connectivity index (χ4n) is 3.35. The van der Waals surface area contributed by atoms with Gasteiger partial charge in [-0.15, -0.1) is 11.3 Å². The molecule has 0 saturated heterocycles. The van der Waals surface area contributed by atoms with E-state index in [1.54, 1.807) is 6.20 Å². The molecule has 0 aliphatic heterocycles. The zero-order valence-corrected chi connectivity index (χ0v) is 16.1. The van der Waals surface area contributed by atoms with Crippen molar-refractivity contribution in [2.24, 2.45) is 0 Å². The quantitative estimate of drug-likeness (QED) is 0.624. The summed E-state index contributed by atoms with van der Waals surface area (Å²) in [5.74, 6) is 1.70. The fourth-order valence-corrected chi connectivity index (χ4v) is 4.61. The second-order valence-corrected chi connectivity index (χ2v) is 7.96. The van der Waals surface area contributed by atoms with E-state index in [-0.39, 0.29) is 6.10 Å². The summed E-state index contributed by atoms with van der Waals surface area (Å²) < 4.78 is 5.64. The summed E-state index contributed by atoms with van der Waals surface area (Å²) in [6.45, 7) is 5.73. The first-order valence-corrected chi connectivity index (χ1v) is 10.1. The van der Waals surface area contributed by atoms with Crippen molar-refractivity contribution in [1.29, 1.82) is 0 Å². The highest BCUT2D eigenvalue weighted by molar-refractivity contribution is 7.19. The van der Waals surface area contributed by atoms with Crippen LogP contribution in [0.25, 0.3) is 21.6 Å². The standard InChI is InChI=1S/C20H24N4OS/c1-13(2)25-11-5-10-22-19-17-15-7-3-8-16(15)26-20(17)24-18(23-19)14-6-4-9-21-12-14/h4,6,9,12-13H,3,5,7-8,10-11H2,1-2H3,(H,22,23,24). The monoisotopic (exact) mass is 368 g/mol. The Morgan fingerprint density at radius 1 is 1.27 bits per heavy atom. The van der Waals surface area contributed by atoms with Gasteiger partial charge in [-0.25, -0.2) is 9.97 Å². The van der Waals surface area contributed by atoms with E-state index in [0.717, 1.165) is 48.0 Å². The zero-order chi connectivity index (χ0) is 17.9. The van der Waals surface area contributed by atoms with Crippen LogP contribution in [0, 0.1) is 0 Å². The lowest BCUT2D eigenvalue weighted by Crippen LogP contribution is -2.10. The molecular formula is C20H24N4OS. The van der Waals surface area contributed by atoms with Gasteiger partial charge in [-0.2, -0.15) is 0 Å². The topological polar surface area (TPSA) is 59.9 Å². The lowest BCUT2D eigenvalue weighted by molar-refractivity contribution is 0.0787. The molecule has 0 spiro atoms. The number of rotatable bonds is 7. The number of pyridine rings is 1. The predicted octanol–water partition coefficient (Wildman–Crippen LogP) is 4.47. The second kappa shape index (κ2) is 7.68. The van der Waals surface area contributed by atoms with Gasteiger partial charge in [0.2, 0.25) is 0 Å². The van der Waals surface area contributed by atoms with Crippen molar-refractivity contribution in [3.63, 3.8) is 0 Å². The fraction of sp³-hybridized carbons (Fsp3) is 0.450. The van der Waals surface area contributed by atoms with Crippen molar-refractivity contribution in [2.45, 2.75) is 45.6 Å². The Kier molecular flexibility index (Phi) is 5.13. The highest BCUT2D eigenvalue weighted by Gasteiger charge is 2.22. The number of aromatic nitrogens is 3. The summed E-state index contributed by atoms with van der Waals surface area (Å²) in [6, 6.07) is 3.93. The number of hydrogen-bond acceptors (Lipinski definition) is 6. The molecule has 3 heterocycles. The predicted molar refractivity (Wildman–Crippen MR) is 107 cm³/mol. The highest BCUT2D eigenvalue weighted by atomic mass is 32.1. The molecule has 0 atom stereocenters. The number of thiophene rings is 1. The van der Waals surface area contributed by atoms with Crippen LogP contribution in [0.2, 0.25) is 0 Å². The largest absolute Gasteiger partial charge is 0.379 e. The number of hydrogen-bond donors (Lipinski definition) is 1. The minimum atomic E-state index is 0.276. The Hall–Kier alpha value is -2.05. The minimum Gasteiger partial charge on any atom is -0.379 e. The third kappa shape index (κ3) is 3.57. The average Bonchev–Trinajstić information content (AvgIpc) is 3.22. The Bertz CT molecular complexity index is 892. The molecule has 0 saturated carbocycles. The minimum absolute atomic E-state index is 0.276. The summed E-state index contributed by atoms with van der Waals surface area (Å²) in [7, 11) is 0. The number of fused-ring (bicyclic) bond motifs is 3. The van der Waals surface area contributed by atoms with Gasteiger partial charge in [0.1, 0.15) is 10.6 Å². The summed E-state index contributed by atoms with van der Waals surface area (Å²) in [4.78, 5) is 16.5. The summed E-state index contributed by atoms with van der Waals surface area (Å²) >= 11 is 1.82. The lowest BCUT2D eigenvalue weighted by Gasteiger charge is -2.11. The molecule has 0 unspecified atom stereocenters. The Morgan fingerprint density at radius 2 is 2.19 bits per heavy atom. The van der Waals surface area contributed by atoms with E-state index in [1.807, 2.05) is 29.7 Å². The molecule has 1 aliphatic carbocycles. The lowest BCUT2D eigenvalue weighted by atomic mass is 10.1. The van der Waals surface area contributed by atoms with Crippen LogP contribution in [0.1, 0.15) is 37.1 Å². The molecule has 0 aromatic carbocycles. The maximum Gasteiger partial charge on any atom is 0.164 e. The van der Waals surface area contributed by atoms with Crippen molar-refractivity contribution >= 4 is 27.4 Å². The van der Waals surface area contributed by atoms with Crippen LogP contribution in [0.15, 0.2) is 24.5 Å². The van der Waals surface area contributed by atoms with Crippen molar-refractivity contribution < 1.29 is 4.74 Å². The van der Waals surface area contributed by atoms with E-state index in [2.05, 4.69) is 24.1 Å². The molecule has 1 aliphatic rings. The first-order valence-electron chi connectivity index (χ1n) is 9.30. The molecular weight excluding hydrogens is 344 g/mol. The normalized spacial score (nSPS) is 13.5. The number of anilines is 1. The molecule has 3 aromatic heterocycles. The van der Waals surface area contributed by atoms with Crippen LogP contribution >= 0.6 is 11.3 Å². The molecule has 26 heavy (non-hydrogen) atoms. The molecule has 6 heteroatoms. The van der Waals surface area contributed by atoms with Gasteiger partial charge < -0.3 is 10.1 Å². The summed E-state index contributed by atoms with van der Waals surface area (Å²) in [5.41, 5.74) is 2.40. The zero-order valence-electron chi connectivity index (χ0n) is 15.3. The second-order valence-electron chi connectivity index (χ2n) is 6.87. The van der Waals surface area contributed by atoms with Crippen molar-refractivity contribution in [2.75, 3.05) is 18.5 Å². The molecule has 136 valence electrons. The van der Waals surface area contributed by atoms with E-state index >= 15 is 0 Å². The Labute approximate surface area is 157 Å². The molecule has 1 N–H and O–H groups in total.